The number of imidazole rings is 1. The summed E-state index contributed by atoms with van der Waals surface area (Å²) in [7, 11) is 1.45. The molecule has 0 fully saturated rings. The second kappa shape index (κ2) is 4.76. The van der Waals surface area contributed by atoms with Gasteiger partial charge in [-0.1, -0.05) is 12.1 Å². The Morgan fingerprint density at radius 3 is 2.80 bits per heavy atom. The highest BCUT2D eigenvalue weighted by Gasteiger charge is 2.10. The van der Waals surface area contributed by atoms with Gasteiger partial charge in [-0.3, -0.25) is 4.57 Å². The number of aryl methyl sites for hydroxylation is 1. The topological polar surface area (TPSA) is 29.9 Å². The summed E-state index contributed by atoms with van der Waals surface area (Å²) in [5, 5.41) is 0. The normalized spacial score (nSPS) is 10.9. The number of fused-ring (bicyclic) bond motifs is 1. The van der Waals surface area contributed by atoms with Gasteiger partial charge in [0, 0.05) is 6.07 Å². The van der Waals surface area contributed by atoms with Crippen LogP contribution in [0.2, 0.25) is 0 Å². The molecule has 1 heterocycles. The fourth-order valence-corrected chi connectivity index (χ4v) is 2.62. The van der Waals surface area contributed by atoms with Crippen LogP contribution >= 0.6 is 12.2 Å². The van der Waals surface area contributed by atoms with Crippen LogP contribution in [-0.4, -0.2) is 16.7 Å². The van der Waals surface area contributed by atoms with Crippen LogP contribution in [0.15, 0.2) is 36.4 Å². The molecule has 0 spiro atoms. The molecule has 0 unspecified atom stereocenters. The highest BCUT2D eigenvalue weighted by atomic mass is 32.1. The van der Waals surface area contributed by atoms with E-state index < -0.39 is 5.82 Å². The predicted molar refractivity (Wildman–Crippen MR) is 79.7 cm³/mol. The van der Waals surface area contributed by atoms with E-state index in [4.69, 9.17) is 17.0 Å². The maximum atomic E-state index is 13.5. The first-order chi connectivity index (χ1) is 9.61. The molecular formula is C15H13FN2OS. The van der Waals surface area contributed by atoms with Crippen molar-refractivity contribution < 1.29 is 9.13 Å². The lowest BCUT2D eigenvalue weighted by atomic mass is 10.2. The van der Waals surface area contributed by atoms with Crippen molar-refractivity contribution in [3.8, 4) is 11.4 Å². The number of nitrogens with zero attached hydrogens (tertiary/aromatic N) is 1. The van der Waals surface area contributed by atoms with Gasteiger partial charge in [-0.25, -0.2) is 4.39 Å². The van der Waals surface area contributed by atoms with E-state index in [1.807, 2.05) is 29.7 Å². The van der Waals surface area contributed by atoms with Crippen LogP contribution in [0, 0.1) is 17.5 Å². The maximum Gasteiger partial charge on any atom is 0.182 e. The molecule has 0 atom stereocenters. The Hall–Kier alpha value is -2.14. The zero-order valence-electron chi connectivity index (χ0n) is 11.1. The van der Waals surface area contributed by atoms with Gasteiger partial charge in [-0.15, -0.1) is 0 Å². The van der Waals surface area contributed by atoms with Gasteiger partial charge in [0.1, 0.15) is 0 Å². The average Bonchev–Trinajstić information content (AvgIpc) is 2.77. The Morgan fingerprint density at radius 1 is 1.25 bits per heavy atom. The van der Waals surface area contributed by atoms with E-state index in [9.17, 15) is 4.39 Å². The number of halogens is 1. The van der Waals surface area contributed by atoms with E-state index in [2.05, 4.69) is 4.98 Å². The van der Waals surface area contributed by atoms with Crippen LogP contribution in [0.25, 0.3) is 16.7 Å². The maximum absolute atomic E-state index is 13.5. The number of H-pyrrole nitrogens is 1. The molecule has 0 amide bonds. The first-order valence-electron chi connectivity index (χ1n) is 6.16. The summed E-state index contributed by atoms with van der Waals surface area (Å²) in [5.41, 5.74) is 3.83. The molecule has 0 saturated carbocycles. The molecule has 102 valence electrons. The highest BCUT2D eigenvalue weighted by molar-refractivity contribution is 7.71. The number of rotatable bonds is 2. The molecule has 5 heteroatoms. The van der Waals surface area contributed by atoms with E-state index in [1.54, 1.807) is 12.1 Å². The quantitative estimate of drug-likeness (QED) is 0.718. The van der Waals surface area contributed by atoms with Crippen molar-refractivity contribution in [1.82, 2.24) is 9.55 Å². The zero-order chi connectivity index (χ0) is 14.3. The summed E-state index contributed by atoms with van der Waals surface area (Å²) >= 11 is 5.38. The summed E-state index contributed by atoms with van der Waals surface area (Å²) < 4.78 is 21.0. The number of hydrogen-bond donors (Lipinski definition) is 1. The summed E-state index contributed by atoms with van der Waals surface area (Å²) in [4.78, 5) is 3.19. The third-order valence-electron chi connectivity index (χ3n) is 3.32. The summed E-state index contributed by atoms with van der Waals surface area (Å²) in [5.74, 6) is -0.190. The molecule has 3 aromatic rings. The Morgan fingerprint density at radius 2 is 2.05 bits per heavy atom. The van der Waals surface area contributed by atoms with Gasteiger partial charge in [0.15, 0.2) is 16.3 Å². The van der Waals surface area contributed by atoms with Crippen molar-refractivity contribution in [2.24, 2.45) is 0 Å². The van der Waals surface area contributed by atoms with Gasteiger partial charge in [-0.2, -0.15) is 0 Å². The van der Waals surface area contributed by atoms with Crippen molar-refractivity contribution in [3.05, 3.63) is 52.5 Å². The number of aromatic amines is 1. The lowest BCUT2D eigenvalue weighted by Crippen LogP contribution is -1.96. The van der Waals surface area contributed by atoms with Gasteiger partial charge >= 0.3 is 0 Å². The molecule has 0 bridgehead atoms. The first kappa shape index (κ1) is 12.9. The third-order valence-corrected chi connectivity index (χ3v) is 3.60. The number of nitrogens with one attached hydrogen (secondary N) is 1. The van der Waals surface area contributed by atoms with Crippen molar-refractivity contribution in [3.63, 3.8) is 0 Å². The number of para-hydroxylation sites is 1. The molecule has 1 N–H and O–H groups in total. The van der Waals surface area contributed by atoms with Crippen molar-refractivity contribution in [2.45, 2.75) is 6.92 Å². The van der Waals surface area contributed by atoms with Gasteiger partial charge < -0.3 is 9.72 Å². The summed E-state index contributed by atoms with van der Waals surface area (Å²) in [6, 6.07) is 10.7. The minimum atomic E-state index is -0.390. The van der Waals surface area contributed by atoms with Crippen LogP contribution in [0.5, 0.6) is 5.75 Å². The molecule has 0 aliphatic rings. The summed E-state index contributed by atoms with van der Waals surface area (Å²) in [6.07, 6.45) is 0. The lowest BCUT2D eigenvalue weighted by molar-refractivity contribution is 0.386. The largest absolute Gasteiger partial charge is 0.494 e. The van der Waals surface area contributed by atoms with Crippen molar-refractivity contribution in [1.29, 1.82) is 0 Å². The molecule has 0 aliphatic heterocycles. The van der Waals surface area contributed by atoms with Crippen molar-refractivity contribution >= 4 is 23.3 Å². The Labute approximate surface area is 120 Å². The second-order valence-corrected chi connectivity index (χ2v) is 4.94. The van der Waals surface area contributed by atoms with Crippen LogP contribution in [-0.2, 0) is 0 Å². The number of aromatic nitrogens is 2. The van der Waals surface area contributed by atoms with E-state index in [1.165, 1.54) is 13.2 Å². The number of methoxy groups -OCH3 is 1. The van der Waals surface area contributed by atoms with Crippen molar-refractivity contribution in [2.75, 3.05) is 7.11 Å². The number of ether oxygens (including phenoxy) is 1. The lowest BCUT2D eigenvalue weighted by Gasteiger charge is -2.08. The van der Waals surface area contributed by atoms with E-state index in [0.717, 1.165) is 22.3 Å². The van der Waals surface area contributed by atoms with Crippen LogP contribution in [0.3, 0.4) is 0 Å². The zero-order valence-corrected chi connectivity index (χ0v) is 11.9. The van der Waals surface area contributed by atoms with Gasteiger partial charge in [0.25, 0.3) is 0 Å². The van der Waals surface area contributed by atoms with Crippen LogP contribution in [0.4, 0.5) is 4.39 Å². The fourth-order valence-electron chi connectivity index (χ4n) is 2.32. The third kappa shape index (κ3) is 1.91. The molecule has 1 aromatic heterocycles. The molecule has 3 rings (SSSR count). The molecule has 2 aromatic carbocycles. The molecule has 20 heavy (non-hydrogen) atoms. The van der Waals surface area contributed by atoms with Crippen LogP contribution < -0.4 is 4.74 Å². The average molecular weight is 288 g/mol. The fraction of sp³-hybridized carbons (Fsp3) is 0.133. The first-order valence-corrected chi connectivity index (χ1v) is 6.57. The monoisotopic (exact) mass is 288 g/mol. The van der Waals surface area contributed by atoms with Crippen LogP contribution in [0.1, 0.15) is 5.56 Å². The predicted octanol–water partition coefficient (Wildman–Crippen LogP) is 4.14. The Kier molecular flexibility index (Phi) is 3.06. The molecule has 0 aliphatic carbocycles. The van der Waals surface area contributed by atoms with E-state index >= 15 is 0 Å². The molecular weight excluding hydrogens is 275 g/mol. The van der Waals surface area contributed by atoms with Gasteiger partial charge in [0.05, 0.1) is 23.8 Å². The van der Waals surface area contributed by atoms with E-state index in [0.29, 0.717) is 4.77 Å². The van der Waals surface area contributed by atoms with E-state index in [-0.39, 0.29) is 5.75 Å². The minimum absolute atomic E-state index is 0.200. The highest BCUT2D eigenvalue weighted by Crippen LogP contribution is 2.25. The van der Waals surface area contributed by atoms with Gasteiger partial charge in [0.2, 0.25) is 0 Å². The molecule has 3 nitrogen and oxygen atoms in total. The number of benzene rings is 2. The standard InChI is InChI=1S/C15H13FN2OS/c1-9-4-3-5-12-14(9)17-15(20)18(12)10-6-7-11(16)13(8-10)19-2/h3-8H,1-2H3,(H,17,20). The Balaban J connectivity index is 2.32. The smallest absolute Gasteiger partial charge is 0.182 e. The number of hydrogen-bond acceptors (Lipinski definition) is 2. The molecule has 0 radical (unpaired) electrons. The SMILES string of the molecule is COc1cc(-n2c(=S)[nH]c3c(C)cccc32)ccc1F. The molecule has 0 saturated heterocycles. The van der Waals surface area contributed by atoms with Gasteiger partial charge in [-0.05, 0) is 42.9 Å². The summed E-state index contributed by atoms with van der Waals surface area (Å²) in [6.45, 7) is 2.02. The Bertz CT molecular complexity index is 851. The second-order valence-electron chi connectivity index (χ2n) is 4.55. The minimum Gasteiger partial charge on any atom is -0.494 e.